The Balaban J connectivity index is 1.53. The molecule has 1 aromatic heterocycles. The van der Waals surface area contributed by atoms with Gasteiger partial charge in [0, 0.05) is 43.4 Å². The van der Waals surface area contributed by atoms with E-state index in [1.165, 1.54) is 23.5 Å². The Labute approximate surface area is 153 Å². The summed E-state index contributed by atoms with van der Waals surface area (Å²) in [5.41, 5.74) is 0. The lowest BCUT2D eigenvalue weighted by Gasteiger charge is -2.34. The molecule has 24 heavy (non-hydrogen) atoms. The molecule has 134 valence electrons. The predicted molar refractivity (Wildman–Crippen MR) is 104 cm³/mol. The number of hydrogen-bond acceptors (Lipinski definition) is 5. The van der Waals surface area contributed by atoms with Crippen molar-refractivity contribution in [3.63, 3.8) is 0 Å². The summed E-state index contributed by atoms with van der Waals surface area (Å²) in [6, 6.07) is 4.75. The lowest BCUT2D eigenvalue weighted by atomic mass is 10.2. The van der Waals surface area contributed by atoms with Crippen LogP contribution in [-0.4, -0.2) is 68.3 Å². The van der Waals surface area contributed by atoms with Crippen LogP contribution in [0.4, 0.5) is 0 Å². The zero-order valence-corrected chi connectivity index (χ0v) is 16.0. The molecule has 2 aliphatic heterocycles. The summed E-state index contributed by atoms with van der Waals surface area (Å²) in [5.74, 6) is 2.22. The Bertz CT molecular complexity index is 497. The van der Waals surface area contributed by atoms with Crippen LogP contribution in [-0.2, 0) is 4.74 Å². The highest BCUT2D eigenvalue weighted by molar-refractivity contribution is 8.00. The first-order valence-electron chi connectivity index (χ1n) is 8.78. The smallest absolute Gasteiger partial charge is 0.191 e. The van der Waals surface area contributed by atoms with Crippen LogP contribution < -0.4 is 10.6 Å². The Morgan fingerprint density at radius 2 is 2.29 bits per heavy atom. The Kier molecular flexibility index (Phi) is 7.26. The maximum Gasteiger partial charge on any atom is 0.191 e. The van der Waals surface area contributed by atoms with Gasteiger partial charge in [-0.2, -0.15) is 11.8 Å². The van der Waals surface area contributed by atoms with Gasteiger partial charge < -0.3 is 15.4 Å². The average Bonchev–Trinajstić information content (AvgIpc) is 3.32. The van der Waals surface area contributed by atoms with Crippen LogP contribution in [0.15, 0.2) is 22.5 Å². The van der Waals surface area contributed by atoms with Crippen molar-refractivity contribution in [3.05, 3.63) is 22.4 Å². The molecular weight excluding hydrogens is 340 g/mol. The molecule has 3 rings (SSSR count). The van der Waals surface area contributed by atoms with Crippen molar-refractivity contribution in [1.29, 1.82) is 0 Å². The van der Waals surface area contributed by atoms with Crippen molar-refractivity contribution < 1.29 is 4.74 Å². The van der Waals surface area contributed by atoms with Crippen LogP contribution in [0.1, 0.15) is 23.8 Å². The predicted octanol–water partition coefficient (Wildman–Crippen LogP) is 2.18. The van der Waals surface area contributed by atoms with Gasteiger partial charge in [-0.1, -0.05) is 6.07 Å². The number of ether oxygens (including phenoxy) is 1. The van der Waals surface area contributed by atoms with Gasteiger partial charge in [-0.25, -0.2) is 0 Å². The van der Waals surface area contributed by atoms with Crippen LogP contribution in [0, 0.1) is 0 Å². The standard InChI is InChI=1S/C17H28N4OS2/c1-18-17(19-12-14-4-2-10-23-14)20-13-15(16-5-3-11-24-16)21-6-8-22-9-7-21/h3,5,11,14-15H,2,4,6-10,12-13H2,1H3,(H2,18,19,20). The van der Waals surface area contributed by atoms with E-state index in [2.05, 4.69) is 49.8 Å². The van der Waals surface area contributed by atoms with Gasteiger partial charge in [0.05, 0.1) is 19.3 Å². The molecule has 0 bridgehead atoms. The van der Waals surface area contributed by atoms with Gasteiger partial charge in [0.2, 0.25) is 0 Å². The molecule has 2 unspecified atom stereocenters. The zero-order valence-electron chi connectivity index (χ0n) is 14.4. The maximum atomic E-state index is 5.51. The highest BCUT2D eigenvalue weighted by Crippen LogP contribution is 2.26. The monoisotopic (exact) mass is 368 g/mol. The summed E-state index contributed by atoms with van der Waals surface area (Å²) >= 11 is 3.91. The van der Waals surface area contributed by atoms with Crippen LogP contribution in [0.5, 0.6) is 0 Å². The number of nitrogens with zero attached hydrogens (tertiary/aromatic N) is 2. The highest BCUT2D eigenvalue weighted by Gasteiger charge is 2.24. The molecule has 0 spiro atoms. The van der Waals surface area contributed by atoms with E-state index in [0.29, 0.717) is 6.04 Å². The molecule has 0 amide bonds. The summed E-state index contributed by atoms with van der Waals surface area (Å²) in [4.78, 5) is 8.32. The summed E-state index contributed by atoms with van der Waals surface area (Å²) < 4.78 is 5.51. The third-order valence-electron chi connectivity index (χ3n) is 4.57. The number of aliphatic imine (C=N–C) groups is 1. The number of hydrogen-bond donors (Lipinski definition) is 2. The fourth-order valence-corrected chi connectivity index (χ4v) is 5.27. The van der Waals surface area contributed by atoms with Crippen molar-refractivity contribution >= 4 is 29.1 Å². The van der Waals surface area contributed by atoms with Gasteiger partial charge in [0.1, 0.15) is 0 Å². The number of rotatable bonds is 6. The number of guanidine groups is 1. The second-order valence-electron chi connectivity index (χ2n) is 6.15. The molecule has 2 atom stereocenters. The van der Waals surface area contributed by atoms with Gasteiger partial charge in [-0.15, -0.1) is 11.3 Å². The molecule has 2 saturated heterocycles. The lowest BCUT2D eigenvalue weighted by Crippen LogP contribution is -2.46. The first-order valence-corrected chi connectivity index (χ1v) is 10.7. The molecule has 7 heteroatoms. The van der Waals surface area contributed by atoms with Crippen molar-refractivity contribution in [2.24, 2.45) is 4.99 Å². The Hall–Kier alpha value is -0.760. The molecular formula is C17H28N4OS2. The maximum absolute atomic E-state index is 5.51. The van der Waals surface area contributed by atoms with E-state index >= 15 is 0 Å². The van der Waals surface area contributed by atoms with Crippen molar-refractivity contribution in [2.75, 3.05) is 52.2 Å². The van der Waals surface area contributed by atoms with Gasteiger partial charge in [0.15, 0.2) is 5.96 Å². The van der Waals surface area contributed by atoms with Gasteiger partial charge in [0.25, 0.3) is 0 Å². The largest absolute Gasteiger partial charge is 0.379 e. The van der Waals surface area contributed by atoms with E-state index in [-0.39, 0.29) is 0 Å². The third-order valence-corrected chi connectivity index (χ3v) is 6.94. The molecule has 0 aliphatic carbocycles. The van der Waals surface area contributed by atoms with E-state index < -0.39 is 0 Å². The summed E-state index contributed by atoms with van der Waals surface area (Å²) in [7, 11) is 1.85. The van der Waals surface area contributed by atoms with E-state index in [1.54, 1.807) is 0 Å². The van der Waals surface area contributed by atoms with Crippen molar-refractivity contribution in [2.45, 2.75) is 24.1 Å². The molecule has 2 aliphatic rings. The van der Waals surface area contributed by atoms with E-state index in [1.807, 2.05) is 18.4 Å². The third kappa shape index (κ3) is 5.12. The molecule has 1 aromatic rings. The second kappa shape index (κ2) is 9.65. The van der Waals surface area contributed by atoms with E-state index in [0.717, 1.165) is 50.6 Å². The van der Waals surface area contributed by atoms with Gasteiger partial charge in [-0.05, 0) is 30.0 Å². The van der Waals surface area contributed by atoms with Crippen LogP contribution >= 0.6 is 23.1 Å². The minimum Gasteiger partial charge on any atom is -0.379 e. The SMILES string of the molecule is CN=C(NCC1CCCS1)NCC(c1cccs1)N1CCOCC1. The normalized spacial score (nSPS) is 24.0. The fourth-order valence-electron chi connectivity index (χ4n) is 3.21. The molecule has 2 fully saturated rings. The minimum absolute atomic E-state index is 0.383. The summed E-state index contributed by atoms with van der Waals surface area (Å²) in [5, 5.41) is 9.92. The lowest BCUT2D eigenvalue weighted by molar-refractivity contribution is 0.0177. The zero-order chi connectivity index (χ0) is 16.6. The second-order valence-corrected chi connectivity index (χ2v) is 8.54. The van der Waals surface area contributed by atoms with Gasteiger partial charge >= 0.3 is 0 Å². The van der Waals surface area contributed by atoms with Crippen molar-refractivity contribution in [3.8, 4) is 0 Å². The van der Waals surface area contributed by atoms with Crippen LogP contribution in [0.3, 0.4) is 0 Å². The Morgan fingerprint density at radius 3 is 2.96 bits per heavy atom. The van der Waals surface area contributed by atoms with E-state index in [4.69, 9.17) is 4.74 Å². The molecule has 5 nitrogen and oxygen atoms in total. The number of thioether (sulfide) groups is 1. The quantitative estimate of drug-likeness (QED) is 0.595. The number of thiophene rings is 1. The fraction of sp³-hybridized carbons (Fsp3) is 0.706. The van der Waals surface area contributed by atoms with Gasteiger partial charge in [-0.3, -0.25) is 9.89 Å². The van der Waals surface area contributed by atoms with Crippen LogP contribution in [0.2, 0.25) is 0 Å². The summed E-state index contributed by atoms with van der Waals surface area (Å²) in [6.07, 6.45) is 2.67. The molecule has 2 N–H and O–H groups in total. The molecule has 0 aromatic carbocycles. The average molecular weight is 369 g/mol. The number of morpholine rings is 1. The first kappa shape index (κ1) is 18.0. The van der Waals surface area contributed by atoms with E-state index in [9.17, 15) is 0 Å². The molecule has 0 radical (unpaired) electrons. The first-order chi connectivity index (χ1) is 11.9. The topological polar surface area (TPSA) is 48.9 Å². The molecule has 0 saturated carbocycles. The Morgan fingerprint density at radius 1 is 1.42 bits per heavy atom. The van der Waals surface area contributed by atoms with Crippen LogP contribution in [0.25, 0.3) is 0 Å². The van der Waals surface area contributed by atoms with Crippen molar-refractivity contribution in [1.82, 2.24) is 15.5 Å². The minimum atomic E-state index is 0.383. The summed E-state index contributed by atoms with van der Waals surface area (Å²) in [6.45, 7) is 5.52. The highest BCUT2D eigenvalue weighted by atomic mass is 32.2. The number of nitrogens with one attached hydrogen (secondary N) is 2. The molecule has 3 heterocycles.